The van der Waals surface area contributed by atoms with Crippen LogP contribution in [0.3, 0.4) is 0 Å². The Morgan fingerprint density at radius 2 is 2.47 bits per heavy atom. The van der Waals surface area contributed by atoms with E-state index in [1.54, 1.807) is 12.3 Å². The fourth-order valence-corrected chi connectivity index (χ4v) is 1.99. The van der Waals surface area contributed by atoms with Gasteiger partial charge in [-0.3, -0.25) is 9.78 Å². The van der Waals surface area contributed by atoms with Gasteiger partial charge in [-0.25, -0.2) is 0 Å². The molecule has 1 unspecified atom stereocenters. The van der Waals surface area contributed by atoms with E-state index in [-0.39, 0.29) is 11.9 Å². The summed E-state index contributed by atoms with van der Waals surface area (Å²) in [6, 6.07) is 3.79. The minimum absolute atomic E-state index is 0.103. The molecular weight excluding hydrogens is 216 g/mol. The summed E-state index contributed by atoms with van der Waals surface area (Å²) in [4.78, 5) is 18.2. The van der Waals surface area contributed by atoms with Crippen molar-refractivity contribution in [2.45, 2.75) is 19.0 Å². The maximum Gasteiger partial charge on any atom is 0.270 e. The Balaban J connectivity index is 1.94. The van der Waals surface area contributed by atoms with Crippen molar-refractivity contribution in [3.63, 3.8) is 0 Å². The lowest BCUT2D eigenvalue weighted by molar-refractivity contribution is 0.0933. The molecule has 0 saturated carbocycles. The van der Waals surface area contributed by atoms with Gasteiger partial charge in [-0.2, -0.15) is 0 Å². The van der Waals surface area contributed by atoms with Gasteiger partial charge < -0.3 is 16.0 Å². The van der Waals surface area contributed by atoms with Gasteiger partial charge in [-0.1, -0.05) is 6.07 Å². The Kier molecular flexibility index (Phi) is 3.71. The number of hydrogen-bond acceptors (Lipinski definition) is 4. The molecule has 1 aromatic heterocycles. The Hall–Kier alpha value is -1.46. The van der Waals surface area contributed by atoms with E-state index >= 15 is 0 Å². The van der Waals surface area contributed by atoms with Crippen molar-refractivity contribution >= 4 is 5.91 Å². The molecule has 2 heterocycles. The number of nitrogens with zero attached hydrogens (tertiary/aromatic N) is 2. The fourth-order valence-electron chi connectivity index (χ4n) is 1.99. The summed E-state index contributed by atoms with van der Waals surface area (Å²) in [5, 5.41) is 2.99. The molecule has 5 heteroatoms. The van der Waals surface area contributed by atoms with Crippen molar-refractivity contribution in [3.8, 4) is 0 Å². The maximum absolute atomic E-state index is 11.9. The van der Waals surface area contributed by atoms with Gasteiger partial charge in [0.25, 0.3) is 5.91 Å². The average Bonchev–Trinajstić information content (AvgIpc) is 2.75. The summed E-state index contributed by atoms with van der Waals surface area (Å²) in [6.07, 6.45) is 2.65. The SMILES string of the molecule is CN1CCC(NC(=O)c2ccc(CN)cn2)C1. The maximum atomic E-state index is 11.9. The van der Waals surface area contributed by atoms with Crippen LogP contribution < -0.4 is 11.1 Å². The second-order valence-corrected chi connectivity index (χ2v) is 4.48. The third-order valence-electron chi connectivity index (χ3n) is 3.02. The molecule has 0 aliphatic carbocycles. The van der Waals surface area contributed by atoms with Gasteiger partial charge in [0.15, 0.2) is 0 Å². The smallest absolute Gasteiger partial charge is 0.270 e. The Labute approximate surface area is 101 Å². The second-order valence-electron chi connectivity index (χ2n) is 4.48. The average molecular weight is 234 g/mol. The van der Waals surface area contributed by atoms with Gasteiger partial charge in [-0.15, -0.1) is 0 Å². The number of carbonyl (C=O) groups excluding carboxylic acids is 1. The standard InChI is InChI=1S/C12H18N4O/c1-16-5-4-10(8-16)15-12(17)11-3-2-9(6-13)7-14-11/h2-3,7,10H,4-6,8,13H2,1H3,(H,15,17). The first-order chi connectivity index (χ1) is 8.19. The van der Waals surface area contributed by atoms with E-state index in [1.165, 1.54) is 0 Å². The highest BCUT2D eigenvalue weighted by atomic mass is 16.1. The van der Waals surface area contributed by atoms with Crippen molar-refractivity contribution in [1.29, 1.82) is 0 Å². The topological polar surface area (TPSA) is 71.2 Å². The number of rotatable bonds is 3. The molecule has 0 spiro atoms. The zero-order chi connectivity index (χ0) is 12.3. The molecule has 1 atom stereocenters. The highest BCUT2D eigenvalue weighted by molar-refractivity contribution is 5.92. The van der Waals surface area contributed by atoms with E-state index in [0.717, 1.165) is 25.1 Å². The molecule has 1 aromatic rings. The van der Waals surface area contributed by atoms with Crippen LogP contribution in [0.25, 0.3) is 0 Å². The number of carbonyl (C=O) groups is 1. The molecule has 1 amide bonds. The molecule has 1 aliphatic rings. The largest absolute Gasteiger partial charge is 0.347 e. The lowest BCUT2D eigenvalue weighted by atomic mass is 10.2. The molecule has 0 aromatic carbocycles. The van der Waals surface area contributed by atoms with E-state index in [2.05, 4.69) is 22.2 Å². The quantitative estimate of drug-likeness (QED) is 0.770. The van der Waals surface area contributed by atoms with Gasteiger partial charge in [0.1, 0.15) is 5.69 Å². The molecule has 1 aliphatic heterocycles. The van der Waals surface area contributed by atoms with Crippen molar-refractivity contribution in [2.24, 2.45) is 5.73 Å². The lowest BCUT2D eigenvalue weighted by Gasteiger charge is -2.12. The van der Waals surface area contributed by atoms with E-state index in [4.69, 9.17) is 5.73 Å². The first-order valence-electron chi connectivity index (χ1n) is 5.83. The van der Waals surface area contributed by atoms with Gasteiger partial charge in [-0.05, 0) is 31.6 Å². The number of hydrogen-bond donors (Lipinski definition) is 2. The summed E-state index contributed by atoms with van der Waals surface area (Å²) in [7, 11) is 2.06. The summed E-state index contributed by atoms with van der Waals surface area (Å²) < 4.78 is 0. The summed E-state index contributed by atoms with van der Waals surface area (Å²) >= 11 is 0. The van der Waals surface area contributed by atoms with Crippen LogP contribution in [0.2, 0.25) is 0 Å². The first kappa shape index (κ1) is 12.0. The van der Waals surface area contributed by atoms with E-state index in [9.17, 15) is 4.79 Å². The number of pyridine rings is 1. The number of nitrogens with two attached hydrogens (primary N) is 1. The Morgan fingerprint density at radius 3 is 3.00 bits per heavy atom. The number of likely N-dealkylation sites (tertiary alicyclic amines) is 1. The van der Waals surface area contributed by atoms with Crippen LogP contribution >= 0.6 is 0 Å². The molecular formula is C12H18N4O. The molecule has 0 bridgehead atoms. The summed E-state index contributed by atoms with van der Waals surface area (Å²) in [5.41, 5.74) is 6.87. The number of amides is 1. The minimum Gasteiger partial charge on any atom is -0.347 e. The molecule has 2 rings (SSSR count). The molecule has 92 valence electrons. The van der Waals surface area contributed by atoms with Crippen LogP contribution in [-0.4, -0.2) is 42.0 Å². The first-order valence-corrected chi connectivity index (χ1v) is 5.83. The number of aromatic nitrogens is 1. The van der Waals surface area contributed by atoms with E-state index < -0.39 is 0 Å². The lowest BCUT2D eigenvalue weighted by Crippen LogP contribution is -2.36. The molecule has 0 radical (unpaired) electrons. The minimum atomic E-state index is -0.103. The van der Waals surface area contributed by atoms with Gasteiger partial charge in [0, 0.05) is 25.3 Å². The normalized spacial score (nSPS) is 20.5. The monoisotopic (exact) mass is 234 g/mol. The van der Waals surface area contributed by atoms with E-state index in [0.29, 0.717) is 12.2 Å². The zero-order valence-corrected chi connectivity index (χ0v) is 10.0. The van der Waals surface area contributed by atoms with Gasteiger partial charge >= 0.3 is 0 Å². The van der Waals surface area contributed by atoms with Gasteiger partial charge in [0.2, 0.25) is 0 Å². The van der Waals surface area contributed by atoms with Crippen molar-refractivity contribution in [2.75, 3.05) is 20.1 Å². The summed E-state index contributed by atoms with van der Waals surface area (Å²) in [5.74, 6) is -0.103. The van der Waals surface area contributed by atoms with Crippen LogP contribution in [0.4, 0.5) is 0 Å². The molecule has 3 N–H and O–H groups in total. The van der Waals surface area contributed by atoms with Crippen LogP contribution in [0.15, 0.2) is 18.3 Å². The third kappa shape index (κ3) is 3.01. The second kappa shape index (κ2) is 5.25. The molecule has 5 nitrogen and oxygen atoms in total. The van der Waals surface area contributed by atoms with Crippen LogP contribution in [0, 0.1) is 0 Å². The van der Waals surface area contributed by atoms with Gasteiger partial charge in [0.05, 0.1) is 0 Å². The Morgan fingerprint density at radius 1 is 1.65 bits per heavy atom. The Bertz CT molecular complexity index is 390. The molecule has 1 fully saturated rings. The predicted molar refractivity (Wildman–Crippen MR) is 65.5 cm³/mol. The zero-order valence-electron chi connectivity index (χ0n) is 10.0. The van der Waals surface area contributed by atoms with Crippen molar-refractivity contribution < 1.29 is 4.79 Å². The third-order valence-corrected chi connectivity index (χ3v) is 3.02. The number of likely N-dealkylation sites (N-methyl/N-ethyl adjacent to an activating group) is 1. The van der Waals surface area contributed by atoms with Crippen LogP contribution in [0.1, 0.15) is 22.5 Å². The highest BCUT2D eigenvalue weighted by Crippen LogP contribution is 2.07. The molecule has 17 heavy (non-hydrogen) atoms. The van der Waals surface area contributed by atoms with Crippen LogP contribution in [-0.2, 0) is 6.54 Å². The number of nitrogens with one attached hydrogen (secondary N) is 1. The van der Waals surface area contributed by atoms with Crippen LogP contribution in [0.5, 0.6) is 0 Å². The highest BCUT2D eigenvalue weighted by Gasteiger charge is 2.21. The molecule has 1 saturated heterocycles. The van der Waals surface area contributed by atoms with Crippen molar-refractivity contribution in [1.82, 2.24) is 15.2 Å². The van der Waals surface area contributed by atoms with E-state index in [1.807, 2.05) is 6.07 Å². The fraction of sp³-hybridized carbons (Fsp3) is 0.500. The van der Waals surface area contributed by atoms with Crippen molar-refractivity contribution in [3.05, 3.63) is 29.6 Å². The summed E-state index contributed by atoms with van der Waals surface area (Å²) in [6.45, 7) is 2.39. The predicted octanol–water partition coefficient (Wildman–Crippen LogP) is -0.0258.